The number of unbranched alkanes of at least 4 members (excludes halogenated alkanes) is 19. The van der Waals surface area contributed by atoms with Crippen LogP contribution in [0.5, 0.6) is 0 Å². The molecule has 0 aromatic heterocycles. The molecule has 9 nitrogen and oxygen atoms in total. The van der Waals surface area contributed by atoms with Gasteiger partial charge < -0.3 is 40.3 Å². The van der Waals surface area contributed by atoms with E-state index in [2.05, 4.69) is 25.2 Å². The first-order chi connectivity index (χ1) is 22.8. The van der Waals surface area contributed by atoms with Gasteiger partial charge in [0.2, 0.25) is 5.91 Å². The summed E-state index contributed by atoms with van der Waals surface area (Å²) in [5, 5.41) is 53.7. The van der Waals surface area contributed by atoms with Crippen molar-refractivity contribution in [1.82, 2.24) is 5.32 Å². The molecule has 6 N–H and O–H groups in total. The van der Waals surface area contributed by atoms with Gasteiger partial charge in [-0.3, -0.25) is 4.79 Å². The Morgan fingerprint density at radius 3 is 1.77 bits per heavy atom. The molecule has 0 radical (unpaired) electrons. The van der Waals surface area contributed by atoms with Gasteiger partial charge in [-0.1, -0.05) is 154 Å². The number of aliphatic hydroxyl groups is 5. The molecule has 1 fully saturated rings. The smallest absolute Gasteiger partial charge is 0.220 e. The number of nitrogens with one attached hydrogen (secondary N) is 1. The summed E-state index contributed by atoms with van der Waals surface area (Å²) in [4.78, 5) is 12.8. The molecule has 9 heteroatoms. The molecule has 1 heterocycles. The lowest BCUT2D eigenvalue weighted by Crippen LogP contribution is -2.60. The van der Waals surface area contributed by atoms with Crippen LogP contribution in [0.1, 0.15) is 155 Å². The van der Waals surface area contributed by atoms with Gasteiger partial charge in [0.15, 0.2) is 6.29 Å². The third-order valence-electron chi connectivity index (χ3n) is 9.08. The minimum Gasteiger partial charge on any atom is -0.394 e. The lowest BCUT2D eigenvalue weighted by atomic mass is 9.99. The van der Waals surface area contributed by atoms with Crippen LogP contribution in [0.15, 0.2) is 24.3 Å². The Morgan fingerprint density at radius 2 is 1.23 bits per heavy atom. The highest BCUT2D eigenvalue weighted by Crippen LogP contribution is 2.22. The number of amides is 1. The number of carbonyl (C=O) groups excluding carboxylic acids is 1. The maximum absolute atomic E-state index is 12.8. The average molecular weight is 670 g/mol. The van der Waals surface area contributed by atoms with Crippen LogP contribution in [-0.4, -0.2) is 87.5 Å². The molecule has 1 aliphatic heterocycles. The minimum atomic E-state index is -1.57. The van der Waals surface area contributed by atoms with Crippen molar-refractivity contribution in [3.8, 4) is 0 Å². The van der Waals surface area contributed by atoms with Crippen LogP contribution in [0.2, 0.25) is 0 Å². The first-order valence-corrected chi connectivity index (χ1v) is 19.1. The first kappa shape index (κ1) is 43.7. The zero-order chi connectivity index (χ0) is 34.5. The Hall–Kier alpha value is -1.33. The van der Waals surface area contributed by atoms with E-state index >= 15 is 0 Å². The Kier molecular flexibility index (Phi) is 27.5. The molecule has 47 heavy (non-hydrogen) atoms. The molecular weight excluding hydrogens is 598 g/mol. The fraction of sp³-hybridized carbons (Fsp3) is 0.868. The Balaban J connectivity index is 2.44. The van der Waals surface area contributed by atoms with Crippen LogP contribution in [0, 0.1) is 0 Å². The number of rotatable bonds is 30. The summed E-state index contributed by atoms with van der Waals surface area (Å²) in [7, 11) is 0. The van der Waals surface area contributed by atoms with E-state index < -0.39 is 49.5 Å². The topological polar surface area (TPSA) is 149 Å². The highest BCUT2D eigenvalue weighted by Gasteiger charge is 2.44. The van der Waals surface area contributed by atoms with E-state index in [1.165, 1.54) is 103 Å². The quantitative estimate of drug-likeness (QED) is 0.0381. The number of allylic oxidation sites excluding steroid dienone is 3. The van der Waals surface area contributed by atoms with Crippen LogP contribution in [0.3, 0.4) is 0 Å². The summed E-state index contributed by atoms with van der Waals surface area (Å²) >= 11 is 0. The van der Waals surface area contributed by atoms with Gasteiger partial charge in [-0.25, -0.2) is 0 Å². The fourth-order valence-corrected chi connectivity index (χ4v) is 5.92. The molecule has 2 unspecified atom stereocenters. The van der Waals surface area contributed by atoms with Crippen molar-refractivity contribution in [2.24, 2.45) is 0 Å². The minimum absolute atomic E-state index is 0.197. The van der Waals surface area contributed by atoms with Gasteiger partial charge in [-0.05, 0) is 19.3 Å². The summed E-state index contributed by atoms with van der Waals surface area (Å²) in [6, 6.07) is -0.829. The van der Waals surface area contributed by atoms with Crippen molar-refractivity contribution in [1.29, 1.82) is 0 Å². The normalized spacial score (nSPS) is 23.1. The predicted molar refractivity (Wildman–Crippen MR) is 189 cm³/mol. The fourth-order valence-electron chi connectivity index (χ4n) is 5.92. The summed E-state index contributed by atoms with van der Waals surface area (Å²) in [5.74, 6) is -0.197. The second-order valence-electron chi connectivity index (χ2n) is 13.4. The van der Waals surface area contributed by atoms with E-state index in [9.17, 15) is 30.3 Å². The van der Waals surface area contributed by atoms with E-state index in [1.54, 1.807) is 12.2 Å². The van der Waals surface area contributed by atoms with Gasteiger partial charge >= 0.3 is 0 Å². The first-order valence-electron chi connectivity index (χ1n) is 19.1. The molecule has 0 spiro atoms. The summed E-state index contributed by atoms with van der Waals surface area (Å²) in [6.07, 6.45) is 25.2. The highest BCUT2D eigenvalue weighted by molar-refractivity contribution is 5.76. The molecule has 0 bridgehead atoms. The molecule has 0 saturated carbocycles. The van der Waals surface area contributed by atoms with Gasteiger partial charge in [0.05, 0.1) is 25.4 Å². The van der Waals surface area contributed by atoms with Gasteiger partial charge in [-0.2, -0.15) is 0 Å². The second-order valence-corrected chi connectivity index (χ2v) is 13.4. The average Bonchev–Trinajstić information content (AvgIpc) is 3.07. The molecule has 1 rings (SSSR count). The summed E-state index contributed by atoms with van der Waals surface area (Å²) < 4.78 is 11.1. The highest BCUT2D eigenvalue weighted by atomic mass is 16.7. The molecule has 276 valence electrons. The number of hydrogen-bond donors (Lipinski definition) is 6. The van der Waals surface area contributed by atoms with Crippen LogP contribution < -0.4 is 5.32 Å². The number of ether oxygens (including phenoxy) is 2. The van der Waals surface area contributed by atoms with E-state index in [4.69, 9.17) is 9.47 Å². The van der Waals surface area contributed by atoms with Crippen molar-refractivity contribution < 1.29 is 39.8 Å². The van der Waals surface area contributed by atoms with Crippen LogP contribution in [-0.2, 0) is 14.3 Å². The Bertz CT molecular complexity index is 792. The van der Waals surface area contributed by atoms with Gasteiger partial charge in [0, 0.05) is 6.42 Å². The summed E-state index contributed by atoms with van der Waals surface area (Å²) in [5.41, 5.74) is 0. The van der Waals surface area contributed by atoms with Crippen LogP contribution >= 0.6 is 0 Å². The maximum atomic E-state index is 12.8. The zero-order valence-electron chi connectivity index (χ0n) is 29.8. The van der Waals surface area contributed by atoms with E-state index in [1.807, 2.05) is 6.08 Å². The molecule has 7 atom stereocenters. The number of carbonyl (C=O) groups is 1. The van der Waals surface area contributed by atoms with Crippen molar-refractivity contribution in [2.45, 2.75) is 198 Å². The molecule has 1 aliphatic rings. The standard InChI is InChI=1S/C38H71NO8/c1-3-5-7-9-11-13-14-15-16-17-18-20-22-24-26-28-34(42)39-31(32(41)27-25-23-21-19-12-10-8-6-4-2)30-46-38-37(45)36(44)35(43)33(29-40)47-38/h21,23,25,27,31-33,35-38,40-41,43-45H,3-20,22,24,26,28-30H2,1-2H3,(H,39,42)/b23-21+,27-25+/t31-,32+,33+,35+,36?,37?,38+/m0/s1. The second kappa shape index (κ2) is 29.6. The lowest BCUT2D eigenvalue weighted by Gasteiger charge is -2.40. The van der Waals surface area contributed by atoms with Crippen molar-refractivity contribution in [3.05, 3.63) is 24.3 Å². The monoisotopic (exact) mass is 670 g/mol. The molecule has 0 aromatic carbocycles. The van der Waals surface area contributed by atoms with Gasteiger partial charge in [-0.15, -0.1) is 0 Å². The van der Waals surface area contributed by atoms with E-state index in [0.29, 0.717) is 6.42 Å². The van der Waals surface area contributed by atoms with Crippen molar-refractivity contribution in [3.63, 3.8) is 0 Å². The molecular formula is C38H71NO8. The molecule has 1 saturated heterocycles. The third-order valence-corrected chi connectivity index (χ3v) is 9.08. The van der Waals surface area contributed by atoms with Crippen LogP contribution in [0.25, 0.3) is 0 Å². The summed E-state index contributed by atoms with van der Waals surface area (Å²) in [6.45, 7) is 3.68. The molecule has 1 amide bonds. The maximum Gasteiger partial charge on any atom is 0.220 e. The predicted octanol–water partition coefficient (Wildman–Crippen LogP) is 6.38. The Morgan fingerprint density at radius 1 is 0.723 bits per heavy atom. The third kappa shape index (κ3) is 21.4. The SMILES string of the molecule is CCCCCCC/C=C/C=C/[C@@H](O)[C@H](CO[C@@H]1O[C@H](CO)[C@@H](O)C(O)C1O)NC(=O)CCCCCCCCCCCCCCCCC. The van der Waals surface area contributed by atoms with Crippen molar-refractivity contribution >= 4 is 5.91 Å². The van der Waals surface area contributed by atoms with Crippen LogP contribution in [0.4, 0.5) is 0 Å². The zero-order valence-corrected chi connectivity index (χ0v) is 29.8. The van der Waals surface area contributed by atoms with Crippen molar-refractivity contribution in [2.75, 3.05) is 13.2 Å². The number of aliphatic hydroxyl groups excluding tert-OH is 5. The largest absolute Gasteiger partial charge is 0.394 e. The molecule has 0 aliphatic carbocycles. The van der Waals surface area contributed by atoms with Gasteiger partial charge in [0.1, 0.15) is 24.4 Å². The van der Waals surface area contributed by atoms with E-state index in [0.717, 1.165) is 32.1 Å². The molecule has 0 aromatic rings. The van der Waals surface area contributed by atoms with Gasteiger partial charge in [0.25, 0.3) is 0 Å². The number of hydrogen-bond acceptors (Lipinski definition) is 8. The lowest BCUT2D eigenvalue weighted by molar-refractivity contribution is -0.302. The van der Waals surface area contributed by atoms with E-state index in [-0.39, 0.29) is 12.5 Å². The Labute approximate surface area is 286 Å².